The number of hydrogen-bond donors (Lipinski definition) is 1. The van der Waals surface area contributed by atoms with Crippen molar-refractivity contribution in [3.05, 3.63) is 0 Å². The van der Waals surface area contributed by atoms with Gasteiger partial charge in [-0.15, -0.1) is 0 Å². The maximum absolute atomic E-state index is 3.73. The average Bonchev–Trinajstić information content (AvgIpc) is 2.41. The molecule has 1 heterocycles. The van der Waals surface area contributed by atoms with Gasteiger partial charge in [0.2, 0.25) is 0 Å². The molecule has 2 atom stereocenters. The highest BCUT2D eigenvalue weighted by Gasteiger charge is 2.31. The van der Waals surface area contributed by atoms with E-state index >= 15 is 0 Å². The summed E-state index contributed by atoms with van der Waals surface area (Å²) in [5.41, 5.74) is 0. The second kappa shape index (κ2) is 7.49. The second-order valence-electron chi connectivity index (χ2n) is 6.28. The number of likely N-dealkylation sites (tertiary alicyclic amines) is 1. The van der Waals surface area contributed by atoms with Crippen molar-refractivity contribution in [2.45, 2.75) is 77.3 Å². The molecule has 0 amide bonds. The highest BCUT2D eigenvalue weighted by atomic mass is 15.2. The van der Waals surface area contributed by atoms with E-state index in [0.29, 0.717) is 0 Å². The van der Waals surface area contributed by atoms with E-state index < -0.39 is 0 Å². The Morgan fingerprint density at radius 2 is 1.72 bits per heavy atom. The van der Waals surface area contributed by atoms with Crippen molar-refractivity contribution in [3.8, 4) is 0 Å². The molecule has 2 aliphatic rings. The van der Waals surface area contributed by atoms with E-state index in [2.05, 4.69) is 24.1 Å². The summed E-state index contributed by atoms with van der Waals surface area (Å²) in [5, 5.41) is 3.73. The van der Waals surface area contributed by atoms with Crippen LogP contribution < -0.4 is 5.32 Å². The number of hydrogen-bond acceptors (Lipinski definition) is 2. The highest BCUT2D eigenvalue weighted by molar-refractivity contribution is 4.89. The van der Waals surface area contributed by atoms with Gasteiger partial charge in [0.15, 0.2) is 0 Å². The standard InChI is InChI=1S/C16H32N2/c1-3-7-14-10-12-18(13-11-14)16-9-6-5-8-15(16)17-4-2/h14-17H,3-13H2,1-2H3. The number of rotatable bonds is 5. The Balaban J connectivity index is 1.82. The highest BCUT2D eigenvalue weighted by Crippen LogP contribution is 2.29. The minimum absolute atomic E-state index is 0.770. The van der Waals surface area contributed by atoms with Gasteiger partial charge in [-0.2, -0.15) is 0 Å². The average molecular weight is 252 g/mol. The normalized spacial score (nSPS) is 31.7. The fraction of sp³-hybridized carbons (Fsp3) is 1.00. The van der Waals surface area contributed by atoms with Gasteiger partial charge in [0.1, 0.15) is 0 Å². The number of nitrogens with one attached hydrogen (secondary N) is 1. The number of likely N-dealkylation sites (N-methyl/N-ethyl adjacent to an activating group) is 1. The van der Waals surface area contributed by atoms with Crippen LogP contribution in [0, 0.1) is 5.92 Å². The van der Waals surface area contributed by atoms with Crippen molar-refractivity contribution in [1.29, 1.82) is 0 Å². The molecule has 0 radical (unpaired) electrons. The van der Waals surface area contributed by atoms with Crippen LogP contribution in [0.1, 0.15) is 65.2 Å². The van der Waals surface area contributed by atoms with Gasteiger partial charge in [0, 0.05) is 12.1 Å². The first-order valence-corrected chi connectivity index (χ1v) is 8.32. The molecular formula is C16H32N2. The molecule has 1 aliphatic carbocycles. The lowest BCUT2D eigenvalue weighted by Crippen LogP contribution is -2.53. The van der Waals surface area contributed by atoms with Crippen molar-refractivity contribution in [2.24, 2.45) is 5.92 Å². The SMILES string of the molecule is CCCC1CCN(C2CCCCC2NCC)CC1. The first kappa shape index (κ1) is 14.3. The molecule has 1 saturated heterocycles. The minimum atomic E-state index is 0.770. The summed E-state index contributed by atoms with van der Waals surface area (Å²) in [6.45, 7) is 8.43. The molecule has 2 nitrogen and oxygen atoms in total. The van der Waals surface area contributed by atoms with E-state index in [9.17, 15) is 0 Å². The molecule has 106 valence electrons. The zero-order chi connectivity index (χ0) is 12.8. The molecule has 0 aromatic carbocycles. The molecule has 1 saturated carbocycles. The van der Waals surface area contributed by atoms with Crippen LogP contribution in [-0.2, 0) is 0 Å². The van der Waals surface area contributed by atoms with Gasteiger partial charge >= 0.3 is 0 Å². The van der Waals surface area contributed by atoms with E-state index in [1.54, 1.807) is 0 Å². The first-order valence-electron chi connectivity index (χ1n) is 8.32. The summed E-state index contributed by atoms with van der Waals surface area (Å²) >= 11 is 0. The van der Waals surface area contributed by atoms with Crippen LogP contribution in [0.5, 0.6) is 0 Å². The van der Waals surface area contributed by atoms with Crippen LogP contribution >= 0.6 is 0 Å². The molecule has 0 aromatic rings. The number of nitrogens with zero attached hydrogens (tertiary/aromatic N) is 1. The van der Waals surface area contributed by atoms with Crippen molar-refractivity contribution in [3.63, 3.8) is 0 Å². The lowest BCUT2D eigenvalue weighted by Gasteiger charge is -2.43. The molecule has 0 bridgehead atoms. The molecule has 2 unspecified atom stereocenters. The van der Waals surface area contributed by atoms with Crippen molar-refractivity contribution < 1.29 is 0 Å². The third-order valence-corrected chi connectivity index (χ3v) is 5.01. The quantitative estimate of drug-likeness (QED) is 0.806. The molecule has 2 rings (SSSR count). The third-order valence-electron chi connectivity index (χ3n) is 5.01. The summed E-state index contributed by atoms with van der Waals surface area (Å²) in [6, 6.07) is 1.60. The van der Waals surface area contributed by atoms with Gasteiger partial charge in [-0.05, 0) is 51.2 Å². The Hall–Kier alpha value is -0.0800. The van der Waals surface area contributed by atoms with Crippen LogP contribution in [0.25, 0.3) is 0 Å². The predicted molar refractivity (Wildman–Crippen MR) is 78.9 cm³/mol. The molecule has 0 spiro atoms. The summed E-state index contributed by atoms with van der Waals surface area (Å²) in [5.74, 6) is 1.02. The van der Waals surface area contributed by atoms with Crippen molar-refractivity contribution in [1.82, 2.24) is 10.2 Å². The Labute approximate surface area is 114 Å². The number of piperidine rings is 1. The third kappa shape index (κ3) is 3.71. The van der Waals surface area contributed by atoms with Crippen LogP contribution in [0.15, 0.2) is 0 Å². The largest absolute Gasteiger partial charge is 0.313 e. The molecule has 0 aromatic heterocycles. The zero-order valence-corrected chi connectivity index (χ0v) is 12.5. The van der Waals surface area contributed by atoms with Gasteiger partial charge in [-0.1, -0.05) is 39.5 Å². The summed E-state index contributed by atoms with van der Waals surface area (Å²) in [4.78, 5) is 2.80. The topological polar surface area (TPSA) is 15.3 Å². The van der Waals surface area contributed by atoms with Crippen LogP contribution in [-0.4, -0.2) is 36.6 Å². The van der Waals surface area contributed by atoms with Crippen LogP contribution in [0.2, 0.25) is 0 Å². The van der Waals surface area contributed by atoms with E-state index in [0.717, 1.165) is 24.5 Å². The lowest BCUT2D eigenvalue weighted by atomic mass is 9.85. The fourth-order valence-electron chi connectivity index (χ4n) is 4.03. The maximum Gasteiger partial charge on any atom is 0.0249 e. The van der Waals surface area contributed by atoms with Gasteiger partial charge in [0.25, 0.3) is 0 Å². The zero-order valence-electron chi connectivity index (χ0n) is 12.5. The van der Waals surface area contributed by atoms with E-state index in [1.807, 2.05) is 0 Å². The second-order valence-corrected chi connectivity index (χ2v) is 6.28. The molecule has 18 heavy (non-hydrogen) atoms. The van der Waals surface area contributed by atoms with Gasteiger partial charge in [-0.25, -0.2) is 0 Å². The Bertz CT molecular complexity index is 219. The predicted octanol–water partition coefficient (Wildman–Crippen LogP) is 3.42. The maximum atomic E-state index is 3.73. The first-order chi connectivity index (χ1) is 8.85. The van der Waals surface area contributed by atoms with E-state index in [1.165, 1.54) is 64.5 Å². The lowest BCUT2D eigenvalue weighted by molar-refractivity contribution is 0.0814. The smallest absolute Gasteiger partial charge is 0.0249 e. The van der Waals surface area contributed by atoms with Crippen molar-refractivity contribution in [2.75, 3.05) is 19.6 Å². The van der Waals surface area contributed by atoms with Gasteiger partial charge in [-0.3, -0.25) is 4.90 Å². The summed E-state index contributed by atoms with van der Waals surface area (Å²) in [6.07, 6.45) is 11.4. The van der Waals surface area contributed by atoms with Crippen LogP contribution in [0.4, 0.5) is 0 Å². The molecule has 1 aliphatic heterocycles. The van der Waals surface area contributed by atoms with Crippen LogP contribution in [0.3, 0.4) is 0 Å². The molecule has 2 fully saturated rings. The van der Waals surface area contributed by atoms with Crippen molar-refractivity contribution >= 4 is 0 Å². The van der Waals surface area contributed by atoms with E-state index in [-0.39, 0.29) is 0 Å². The Morgan fingerprint density at radius 3 is 2.39 bits per heavy atom. The molecular weight excluding hydrogens is 220 g/mol. The Morgan fingerprint density at radius 1 is 1.00 bits per heavy atom. The van der Waals surface area contributed by atoms with Gasteiger partial charge < -0.3 is 5.32 Å². The fourth-order valence-corrected chi connectivity index (χ4v) is 4.03. The van der Waals surface area contributed by atoms with E-state index in [4.69, 9.17) is 0 Å². The minimum Gasteiger partial charge on any atom is -0.313 e. The monoisotopic (exact) mass is 252 g/mol. The van der Waals surface area contributed by atoms with Gasteiger partial charge in [0.05, 0.1) is 0 Å². The Kier molecular flexibility index (Phi) is 5.97. The summed E-state index contributed by atoms with van der Waals surface area (Å²) in [7, 11) is 0. The molecule has 1 N–H and O–H groups in total. The summed E-state index contributed by atoms with van der Waals surface area (Å²) < 4.78 is 0. The molecule has 2 heteroatoms.